The SMILES string of the molecule is COC(=O)C(C)(C)COc1c(C)cc(C(=O)O)cc1C. The summed E-state index contributed by atoms with van der Waals surface area (Å²) >= 11 is 0. The monoisotopic (exact) mass is 280 g/mol. The van der Waals surface area contributed by atoms with E-state index in [2.05, 4.69) is 0 Å². The molecule has 0 aliphatic carbocycles. The molecule has 5 nitrogen and oxygen atoms in total. The average molecular weight is 280 g/mol. The molecule has 0 aliphatic heterocycles. The Balaban J connectivity index is 2.94. The third-order valence-electron chi connectivity index (χ3n) is 3.02. The van der Waals surface area contributed by atoms with E-state index in [4.69, 9.17) is 14.6 Å². The molecule has 0 radical (unpaired) electrons. The second-order valence-electron chi connectivity index (χ2n) is 5.41. The zero-order valence-corrected chi connectivity index (χ0v) is 12.4. The van der Waals surface area contributed by atoms with Crippen molar-refractivity contribution in [2.24, 2.45) is 5.41 Å². The minimum Gasteiger partial charge on any atom is -0.492 e. The van der Waals surface area contributed by atoms with Gasteiger partial charge in [-0.15, -0.1) is 0 Å². The molecular weight excluding hydrogens is 260 g/mol. The molecule has 1 aromatic rings. The number of methoxy groups -OCH3 is 1. The van der Waals surface area contributed by atoms with Gasteiger partial charge in [0.05, 0.1) is 18.1 Å². The van der Waals surface area contributed by atoms with Crippen molar-refractivity contribution in [3.8, 4) is 5.75 Å². The van der Waals surface area contributed by atoms with Crippen molar-refractivity contribution < 1.29 is 24.2 Å². The molecule has 0 bridgehead atoms. The van der Waals surface area contributed by atoms with Gasteiger partial charge in [-0.1, -0.05) is 0 Å². The van der Waals surface area contributed by atoms with Crippen LogP contribution < -0.4 is 4.74 Å². The number of aromatic carboxylic acids is 1. The minimum atomic E-state index is -0.974. The van der Waals surface area contributed by atoms with E-state index in [0.29, 0.717) is 5.75 Å². The highest BCUT2D eigenvalue weighted by Gasteiger charge is 2.30. The molecule has 0 aliphatic rings. The van der Waals surface area contributed by atoms with Gasteiger partial charge in [0.2, 0.25) is 0 Å². The first-order chi connectivity index (χ1) is 9.19. The van der Waals surface area contributed by atoms with Gasteiger partial charge in [0.25, 0.3) is 0 Å². The number of hydrogen-bond donors (Lipinski definition) is 1. The highest BCUT2D eigenvalue weighted by molar-refractivity contribution is 5.88. The molecule has 0 amide bonds. The molecule has 1 rings (SSSR count). The van der Waals surface area contributed by atoms with Gasteiger partial charge in [-0.25, -0.2) is 4.79 Å². The van der Waals surface area contributed by atoms with Crippen LogP contribution in [-0.2, 0) is 9.53 Å². The van der Waals surface area contributed by atoms with Crippen LogP contribution in [0.4, 0.5) is 0 Å². The van der Waals surface area contributed by atoms with Crippen LogP contribution in [0.25, 0.3) is 0 Å². The lowest BCUT2D eigenvalue weighted by Crippen LogP contribution is -2.32. The van der Waals surface area contributed by atoms with E-state index < -0.39 is 11.4 Å². The molecule has 20 heavy (non-hydrogen) atoms. The Morgan fingerprint density at radius 1 is 1.20 bits per heavy atom. The standard InChI is InChI=1S/C15H20O5/c1-9-6-11(13(16)17)7-10(2)12(9)20-8-15(3,4)14(18)19-5/h6-7H,8H2,1-5H3,(H,16,17). The minimum absolute atomic E-state index is 0.160. The summed E-state index contributed by atoms with van der Waals surface area (Å²) in [6, 6.07) is 3.10. The van der Waals surface area contributed by atoms with Crippen LogP contribution >= 0.6 is 0 Å². The zero-order chi connectivity index (χ0) is 15.5. The van der Waals surface area contributed by atoms with Gasteiger partial charge in [-0.05, 0) is 51.0 Å². The molecule has 0 aromatic heterocycles. The second-order valence-corrected chi connectivity index (χ2v) is 5.41. The Labute approximate surface area is 118 Å². The van der Waals surface area contributed by atoms with Crippen molar-refractivity contribution >= 4 is 11.9 Å². The van der Waals surface area contributed by atoms with Crippen LogP contribution in [0.3, 0.4) is 0 Å². The summed E-state index contributed by atoms with van der Waals surface area (Å²) in [6.07, 6.45) is 0. The molecule has 1 N–H and O–H groups in total. The molecule has 0 saturated heterocycles. The molecule has 0 unspecified atom stereocenters. The first kappa shape index (κ1) is 16.0. The predicted molar refractivity (Wildman–Crippen MR) is 74.2 cm³/mol. The van der Waals surface area contributed by atoms with Crippen molar-refractivity contribution in [3.63, 3.8) is 0 Å². The summed E-state index contributed by atoms with van der Waals surface area (Å²) < 4.78 is 10.4. The van der Waals surface area contributed by atoms with Crippen LogP contribution in [0, 0.1) is 19.3 Å². The fourth-order valence-corrected chi connectivity index (χ4v) is 1.89. The summed E-state index contributed by atoms with van der Waals surface area (Å²) in [5.74, 6) is -0.723. The van der Waals surface area contributed by atoms with E-state index in [1.165, 1.54) is 7.11 Å². The number of aryl methyl sites for hydroxylation is 2. The number of hydrogen-bond acceptors (Lipinski definition) is 4. The number of ether oxygens (including phenoxy) is 2. The van der Waals surface area contributed by atoms with E-state index in [9.17, 15) is 9.59 Å². The quantitative estimate of drug-likeness (QED) is 0.839. The van der Waals surface area contributed by atoms with Crippen LogP contribution in [-0.4, -0.2) is 30.8 Å². The maximum atomic E-state index is 11.6. The van der Waals surface area contributed by atoms with E-state index in [0.717, 1.165) is 11.1 Å². The fourth-order valence-electron chi connectivity index (χ4n) is 1.89. The van der Waals surface area contributed by atoms with Crippen LogP contribution in [0.15, 0.2) is 12.1 Å². The molecule has 0 spiro atoms. The summed E-state index contributed by atoms with van der Waals surface area (Å²) in [5.41, 5.74) is 0.907. The van der Waals surface area contributed by atoms with Crippen molar-refractivity contribution in [1.82, 2.24) is 0 Å². The fraction of sp³-hybridized carbons (Fsp3) is 0.467. The highest BCUT2D eigenvalue weighted by Crippen LogP contribution is 2.27. The van der Waals surface area contributed by atoms with Gasteiger partial charge >= 0.3 is 11.9 Å². The number of carbonyl (C=O) groups is 2. The summed E-state index contributed by atoms with van der Waals surface area (Å²) in [7, 11) is 1.34. The molecule has 0 saturated carbocycles. The number of carbonyl (C=O) groups excluding carboxylic acids is 1. The van der Waals surface area contributed by atoms with Crippen molar-refractivity contribution in [2.45, 2.75) is 27.7 Å². The van der Waals surface area contributed by atoms with Gasteiger partial charge in [0.1, 0.15) is 12.4 Å². The smallest absolute Gasteiger partial charge is 0.335 e. The van der Waals surface area contributed by atoms with E-state index in [1.807, 2.05) is 0 Å². The normalized spacial score (nSPS) is 11.1. The Morgan fingerprint density at radius 2 is 1.70 bits per heavy atom. The third-order valence-corrected chi connectivity index (χ3v) is 3.02. The van der Waals surface area contributed by atoms with Crippen molar-refractivity contribution in [1.29, 1.82) is 0 Å². The highest BCUT2D eigenvalue weighted by atomic mass is 16.5. The molecule has 0 atom stereocenters. The predicted octanol–water partition coefficient (Wildman–Crippen LogP) is 2.58. The molecule has 1 aromatic carbocycles. The Hall–Kier alpha value is -2.04. The molecule has 0 fully saturated rings. The van der Waals surface area contributed by atoms with Crippen molar-refractivity contribution in [3.05, 3.63) is 28.8 Å². The number of esters is 1. The molecule has 5 heteroatoms. The van der Waals surface area contributed by atoms with Crippen LogP contribution in [0.1, 0.15) is 35.3 Å². The summed E-state index contributed by atoms with van der Waals surface area (Å²) in [5, 5.41) is 8.99. The lowest BCUT2D eigenvalue weighted by Gasteiger charge is -2.23. The Bertz CT molecular complexity index is 508. The van der Waals surface area contributed by atoms with Gasteiger partial charge in [-0.3, -0.25) is 4.79 Å². The van der Waals surface area contributed by atoms with Gasteiger partial charge in [-0.2, -0.15) is 0 Å². The first-order valence-electron chi connectivity index (χ1n) is 6.25. The lowest BCUT2D eigenvalue weighted by molar-refractivity contribution is -0.152. The number of carboxylic acid groups (broad SMARTS) is 1. The molecule has 0 heterocycles. The second kappa shape index (κ2) is 5.94. The Morgan fingerprint density at radius 3 is 2.10 bits per heavy atom. The van der Waals surface area contributed by atoms with Gasteiger partial charge < -0.3 is 14.6 Å². The van der Waals surface area contributed by atoms with Gasteiger partial charge in [0, 0.05) is 0 Å². The first-order valence-corrected chi connectivity index (χ1v) is 6.25. The average Bonchev–Trinajstić information content (AvgIpc) is 2.36. The summed E-state index contributed by atoms with van der Waals surface area (Å²) in [6.45, 7) is 7.18. The molecule has 110 valence electrons. The maximum Gasteiger partial charge on any atom is 0.335 e. The topological polar surface area (TPSA) is 72.8 Å². The van der Waals surface area contributed by atoms with E-state index in [1.54, 1.807) is 39.8 Å². The van der Waals surface area contributed by atoms with E-state index >= 15 is 0 Å². The van der Waals surface area contributed by atoms with Crippen molar-refractivity contribution in [2.75, 3.05) is 13.7 Å². The van der Waals surface area contributed by atoms with Crippen LogP contribution in [0.5, 0.6) is 5.75 Å². The number of rotatable bonds is 5. The largest absolute Gasteiger partial charge is 0.492 e. The summed E-state index contributed by atoms with van der Waals surface area (Å²) in [4.78, 5) is 22.5. The number of benzene rings is 1. The maximum absolute atomic E-state index is 11.6. The number of carboxylic acids is 1. The van der Waals surface area contributed by atoms with Gasteiger partial charge in [0.15, 0.2) is 0 Å². The zero-order valence-electron chi connectivity index (χ0n) is 12.4. The lowest BCUT2D eigenvalue weighted by atomic mass is 9.95. The van der Waals surface area contributed by atoms with E-state index in [-0.39, 0.29) is 18.1 Å². The Kier molecular flexibility index (Phi) is 4.76. The third kappa shape index (κ3) is 3.50. The molecular formula is C15H20O5. The van der Waals surface area contributed by atoms with Crippen LogP contribution in [0.2, 0.25) is 0 Å².